The lowest BCUT2D eigenvalue weighted by atomic mass is 9.99. The number of fused-ring (bicyclic) bond motifs is 1. The molecule has 0 N–H and O–H groups in total. The first-order valence-corrected chi connectivity index (χ1v) is 13.6. The Morgan fingerprint density at radius 1 is 0.385 bits per heavy atom. The predicted molar refractivity (Wildman–Crippen MR) is 160 cm³/mol. The van der Waals surface area contributed by atoms with Crippen LogP contribution in [0.1, 0.15) is 0 Å². The topological polar surface area (TPSA) is 51.6 Å². The molecule has 5 heteroatoms. The van der Waals surface area contributed by atoms with Crippen LogP contribution < -0.4 is 0 Å². The van der Waals surface area contributed by atoms with Crippen molar-refractivity contribution in [2.24, 2.45) is 0 Å². The highest BCUT2D eigenvalue weighted by atomic mass is 32.1. The van der Waals surface area contributed by atoms with E-state index in [0.29, 0.717) is 17.5 Å². The van der Waals surface area contributed by atoms with Gasteiger partial charge in [-0.2, -0.15) is 0 Å². The molecule has 0 bridgehead atoms. The van der Waals surface area contributed by atoms with E-state index in [4.69, 9.17) is 19.9 Å². The maximum Gasteiger partial charge on any atom is 0.164 e. The van der Waals surface area contributed by atoms with Crippen LogP contribution in [0.2, 0.25) is 0 Å². The fourth-order valence-corrected chi connectivity index (χ4v) is 5.61. The summed E-state index contributed by atoms with van der Waals surface area (Å²) in [7, 11) is 0. The number of nitrogens with zero attached hydrogens (tertiary/aromatic N) is 4. The molecule has 2 aromatic heterocycles. The SMILES string of the molecule is c1ccc(-c2nc(-c3ccccc3)nc(-c3ccccc3-c3ccc4sc(-c5ccccc5)nc4c3)n2)cc1. The smallest absolute Gasteiger partial charge is 0.164 e. The van der Waals surface area contributed by atoms with E-state index in [9.17, 15) is 0 Å². The average molecular weight is 519 g/mol. The first-order chi connectivity index (χ1) is 19.3. The van der Waals surface area contributed by atoms with Gasteiger partial charge in [-0.1, -0.05) is 121 Å². The first-order valence-electron chi connectivity index (χ1n) is 12.7. The quantitative estimate of drug-likeness (QED) is 0.228. The second-order valence-electron chi connectivity index (χ2n) is 9.15. The molecule has 7 aromatic rings. The van der Waals surface area contributed by atoms with Crippen molar-refractivity contribution < 1.29 is 0 Å². The Hall–Kier alpha value is -5.00. The Labute approximate surface area is 230 Å². The van der Waals surface area contributed by atoms with Gasteiger partial charge in [0.25, 0.3) is 0 Å². The van der Waals surface area contributed by atoms with E-state index in [1.807, 2.05) is 84.9 Å². The molecule has 0 radical (unpaired) electrons. The van der Waals surface area contributed by atoms with E-state index in [0.717, 1.165) is 48.6 Å². The van der Waals surface area contributed by atoms with E-state index in [1.165, 1.54) is 0 Å². The molecule has 0 amide bonds. The van der Waals surface area contributed by atoms with Crippen molar-refractivity contribution >= 4 is 21.6 Å². The Morgan fingerprint density at radius 2 is 0.897 bits per heavy atom. The Kier molecular flexibility index (Phi) is 5.96. The molecule has 2 heterocycles. The summed E-state index contributed by atoms with van der Waals surface area (Å²) in [5.74, 6) is 1.94. The molecule has 0 saturated heterocycles. The minimum absolute atomic E-state index is 0.640. The van der Waals surface area contributed by atoms with Gasteiger partial charge in [-0.25, -0.2) is 19.9 Å². The van der Waals surface area contributed by atoms with Gasteiger partial charge in [-0.15, -0.1) is 11.3 Å². The lowest BCUT2D eigenvalue weighted by molar-refractivity contribution is 1.07. The van der Waals surface area contributed by atoms with Gasteiger partial charge < -0.3 is 0 Å². The molecular weight excluding hydrogens is 496 g/mol. The minimum atomic E-state index is 0.640. The van der Waals surface area contributed by atoms with Gasteiger partial charge in [0.2, 0.25) is 0 Å². The van der Waals surface area contributed by atoms with E-state index in [2.05, 4.69) is 48.5 Å². The zero-order valence-electron chi connectivity index (χ0n) is 20.9. The molecule has 0 atom stereocenters. The molecule has 0 saturated carbocycles. The largest absolute Gasteiger partial charge is 0.236 e. The highest BCUT2D eigenvalue weighted by Gasteiger charge is 2.16. The maximum absolute atomic E-state index is 4.96. The van der Waals surface area contributed by atoms with Crippen LogP contribution in [0.4, 0.5) is 0 Å². The van der Waals surface area contributed by atoms with Crippen molar-refractivity contribution in [2.75, 3.05) is 0 Å². The first kappa shape index (κ1) is 23.1. The van der Waals surface area contributed by atoms with Crippen LogP contribution in [0, 0.1) is 0 Å². The second-order valence-corrected chi connectivity index (χ2v) is 10.2. The maximum atomic E-state index is 4.96. The molecular formula is C34H22N4S. The fraction of sp³-hybridized carbons (Fsp3) is 0. The number of hydrogen-bond acceptors (Lipinski definition) is 5. The summed E-state index contributed by atoms with van der Waals surface area (Å²) in [5, 5.41) is 1.02. The Bertz CT molecular complexity index is 1840. The third kappa shape index (κ3) is 4.60. The summed E-state index contributed by atoms with van der Waals surface area (Å²) in [4.78, 5) is 19.7. The lowest BCUT2D eigenvalue weighted by Gasteiger charge is -2.12. The average Bonchev–Trinajstić information content (AvgIpc) is 3.46. The normalized spacial score (nSPS) is 11.1. The van der Waals surface area contributed by atoms with Crippen LogP contribution in [0.25, 0.3) is 66.1 Å². The van der Waals surface area contributed by atoms with Crippen LogP contribution in [0.5, 0.6) is 0 Å². The van der Waals surface area contributed by atoms with Crippen molar-refractivity contribution in [3.8, 4) is 55.9 Å². The third-order valence-corrected chi connectivity index (χ3v) is 7.67. The van der Waals surface area contributed by atoms with Crippen molar-refractivity contribution in [3.63, 3.8) is 0 Å². The number of aromatic nitrogens is 4. The predicted octanol–water partition coefficient (Wildman–Crippen LogP) is 8.82. The highest BCUT2D eigenvalue weighted by Crippen LogP contribution is 2.36. The molecule has 0 unspecified atom stereocenters. The van der Waals surface area contributed by atoms with Gasteiger partial charge >= 0.3 is 0 Å². The Morgan fingerprint density at radius 3 is 1.51 bits per heavy atom. The van der Waals surface area contributed by atoms with Gasteiger partial charge in [-0.05, 0) is 23.3 Å². The van der Waals surface area contributed by atoms with Gasteiger partial charge in [0.05, 0.1) is 10.2 Å². The van der Waals surface area contributed by atoms with Crippen LogP contribution >= 0.6 is 11.3 Å². The van der Waals surface area contributed by atoms with Crippen molar-refractivity contribution in [1.82, 2.24) is 19.9 Å². The number of thiazole rings is 1. The highest BCUT2D eigenvalue weighted by molar-refractivity contribution is 7.21. The summed E-state index contributed by atoms with van der Waals surface area (Å²) < 4.78 is 1.16. The molecule has 0 aliphatic carbocycles. The number of rotatable bonds is 5. The zero-order valence-corrected chi connectivity index (χ0v) is 21.7. The summed E-state index contributed by atoms with van der Waals surface area (Å²) >= 11 is 1.71. The van der Waals surface area contributed by atoms with Gasteiger partial charge in [-0.3, -0.25) is 0 Å². The summed E-state index contributed by atoms with van der Waals surface area (Å²) in [6.07, 6.45) is 0. The molecule has 0 spiro atoms. The standard InChI is InChI=1S/C34H22N4S/c1-4-12-23(13-5-1)31-36-32(24-14-6-2-7-15-24)38-33(37-31)28-19-11-10-18-27(28)26-20-21-30-29(22-26)35-34(39-30)25-16-8-3-9-17-25/h1-22H. The van der Waals surface area contributed by atoms with Crippen molar-refractivity contribution in [3.05, 3.63) is 133 Å². The van der Waals surface area contributed by atoms with E-state index in [1.54, 1.807) is 11.3 Å². The summed E-state index contributed by atoms with van der Waals surface area (Å²) in [6.45, 7) is 0. The van der Waals surface area contributed by atoms with Crippen LogP contribution in [0.15, 0.2) is 133 Å². The minimum Gasteiger partial charge on any atom is -0.236 e. The van der Waals surface area contributed by atoms with Crippen LogP contribution in [-0.2, 0) is 0 Å². The van der Waals surface area contributed by atoms with Crippen molar-refractivity contribution in [2.45, 2.75) is 0 Å². The molecule has 0 aliphatic heterocycles. The summed E-state index contributed by atoms with van der Waals surface area (Å²) in [6, 6.07) is 45.2. The lowest BCUT2D eigenvalue weighted by Crippen LogP contribution is -2.01. The van der Waals surface area contributed by atoms with Crippen LogP contribution in [0.3, 0.4) is 0 Å². The molecule has 0 fully saturated rings. The second kappa shape index (κ2) is 10.0. The molecule has 184 valence electrons. The summed E-state index contributed by atoms with van der Waals surface area (Å²) in [5.41, 5.74) is 7.10. The molecule has 39 heavy (non-hydrogen) atoms. The van der Waals surface area contributed by atoms with E-state index in [-0.39, 0.29) is 0 Å². The molecule has 4 nitrogen and oxygen atoms in total. The van der Waals surface area contributed by atoms with Crippen molar-refractivity contribution in [1.29, 1.82) is 0 Å². The molecule has 0 aliphatic rings. The van der Waals surface area contributed by atoms with Gasteiger partial charge in [0, 0.05) is 22.3 Å². The Balaban J connectivity index is 1.37. The molecule has 5 aromatic carbocycles. The van der Waals surface area contributed by atoms with Gasteiger partial charge in [0.15, 0.2) is 17.5 Å². The zero-order chi connectivity index (χ0) is 26.0. The third-order valence-electron chi connectivity index (χ3n) is 6.59. The van der Waals surface area contributed by atoms with E-state index < -0.39 is 0 Å². The number of hydrogen-bond donors (Lipinski definition) is 0. The van der Waals surface area contributed by atoms with E-state index >= 15 is 0 Å². The molecule has 7 rings (SSSR count). The fourth-order valence-electron chi connectivity index (χ4n) is 4.66. The van der Waals surface area contributed by atoms with Gasteiger partial charge in [0.1, 0.15) is 5.01 Å². The number of benzene rings is 5. The van der Waals surface area contributed by atoms with Crippen LogP contribution in [-0.4, -0.2) is 19.9 Å². The monoisotopic (exact) mass is 518 g/mol.